The Labute approximate surface area is 113 Å². The molecule has 0 saturated carbocycles. The normalized spacial score (nSPS) is 19.9. The van der Waals surface area contributed by atoms with Crippen LogP contribution in [-0.4, -0.2) is 40.9 Å². The van der Waals surface area contributed by atoms with Gasteiger partial charge in [-0.1, -0.05) is 13.3 Å². The Hall–Kier alpha value is -1.56. The predicted octanol–water partition coefficient (Wildman–Crippen LogP) is 2.24. The van der Waals surface area contributed by atoms with Crippen LogP contribution in [0.4, 0.5) is 4.79 Å². The van der Waals surface area contributed by atoms with Crippen molar-refractivity contribution in [2.75, 3.05) is 13.7 Å². The van der Waals surface area contributed by atoms with Gasteiger partial charge in [-0.15, -0.1) is 0 Å². The molecule has 0 aliphatic carbocycles. The number of amides is 1. The van der Waals surface area contributed by atoms with Crippen LogP contribution in [0.25, 0.3) is 0 Å². The molecule has 1 amide bonds. The van der Waals surface area contributed by atoms with Crippen LogP contribution < -0.4 is 0 Å². The molecule has 2 unspecified atom stereocenters. The molecule has 2 heterocycles. The van der Waals surface area contributed by atoms with Gasteiger partial charge in [-0.2, -0.15) is 0 Å². The van der Waals surface area contributed by atoms with E-state index < -0.39 is 6.29 Å². The topological polar surface area (TPSA) is 67.5 Å². The average Bonchev–Trinajstić information content (AvgIpc) is 2.87. The Morgan fingerprint density at radius 1 is 1.68 bits per heavy atom. The molecule has 2 rings (SSSR count). The highest BCUT2D eigenvalue weighted by atomic mass is 16.7. The lowest BCUT2D eigenvalue weighted by Crippen LogP contribution is -2.41. The SMILES string of the molecule is CCCC1c2nc[nH]c2CCN1C(=O)OC(C)OC. The summed E-state index contributed by atoms with van der Waals surface area (Å²) in [5.41, 5.74) is 2.09. The highest BCUT2D eigenvalue weighted by molar-refractivity contribution is 5.68. The molecular weight excluding hydrogens is 246 g/mol. The van der Waals surface area contributed by atoms with Gasteiger partial charge < -0.3 is 14.5 Å². The van der Waals surface area contributed by atoms with Crippen LogP contribution in [0.5, 0.6) is 0 Å². The van der Waals surface area contributed by atoms with Crippen LogP contribution in [0, 0.1) is 0 Å². The third-order valence-electron chi connectivity index (χ3n) is 3.44. The van der Waals surface area contributed by atoms with Gasteiger partial charge in [0, 0.05) is 25.8 Å². The van der Waals surface area contributed by atoms with Crippen LogP contribution in [0.1, 0.15) is 44.1 Å². The molecule has 6 heteroatoms. The molecule has 0 saturated heterocycles. The number of nitrogens with one attached hydrogen (secondary N) is 1. The second-order valence-corrected chi connectivity index (χ2v) is 4.70. The maximum Gasteiger partial charge on any atom is 0.412 e. The van der Waals surface area contributed by atoms with E-state index >= 15 is 0 Å². The lowest BCUT2D eigenvalue weighted by atomic mass is 9.99. The Morgan fingerprint density at radius 3 is 3.16 bits per heavy atom. The molecule has 1 N–H and O–H groups in total. The molecule has 1 aromatic heterocycles. The summed E-state index contributed by atoms with van der Waals surface area (Å²) in [6.07, 6.45) is 3.48. The van der Waals surface area contributed by atoms with Crippen LogP contribution in [0.2, 0.25) is 0 Å². The molecule has 0 aromatic carbocycles. The number of hydrogen-bond donors (Lipinski definition) is 1. The van der Waals surface area contributed by atoms with Gasteiger partial charge in [0.15, 0.2) is 0 Å². The molecule has 2 atom stereocenters. The first-order chi connectivity index (χ1) is 9.17. The van der Waals surface area contributed by atoms with Crippen molar-refractivity contribution in [3.8, 4) is 0 Å². The number of rotatable bonds is 4. The lowest BCUT2D eigenvalue weighted by molar-refractivity contribution is -0.0817. The fourth-order valence-electron chi connectivity index (χ4n) is 2.40. The molecule has 6 nitrogen and oxygen atoms in total. The lowest BCUT2D eigenvalue weighted by Gasteiger charge is -2.34. The quantitative estimate of drug-likeness (QED) is 0.849. The maximum absolute atomic E-state index is 12.2. The number of fused-ring (bicyclic) bond motifs is 1. The number of aromatic nitrogens is 2. The highest BCUT2D eigenvalue weighted by Gasteiger charge is 2.33. The van der Waals surface area contributed by atoms with E-state index in [0.717, 1.165) is 30.7 Å². The van der Waals surface area contributed by atoms with Crippen molar-refractivity contribution in [3.63, 3.8) is 0 Å². The standard InChI is InChI=1S/C13H21N3O3/c1-4-5-11-12-10(14-8-15-12)6-7-16(11)13(17)19-9(2)18-3/h8-9,11H,4-7H2,1-3H3,(H,14,15). The molecule has 0 bridgehead atoms. The Bertz CT molecular complexity index is 433. The Morgan fingerprint density at radius 2 is 2.47 bits per heavy atom. The van der Waals surface area contributed by atoms with Gasteiger partial charge in [0.05, 0.1) is 18.1 Å². The number of aromatic amines is 1. The first-order valence-corrected chi connectivity index (χ1v) is 6.69. The van der Waals surface area contributed by atoms with E-state index in [2.05, 4.69) is 16.9 Å². The van der Waals surface area contributed by atoms with Crippen molar-refractivity contribution in [2.45, 2.75) is 45.4 Å². The maximum atomic E-state index is 12.2. The Balaban J connectivity index is 2.14. The minimum atomic E-state index is -0.532. The fourth-order valence-corrected chi connectivity index (χ4v) is 2.40. The first-order valence-electron chi connectivity index (χ1n) is 6.69. The third kappa shape index (κ3) is 2.89. The van der Waals surface area contributed by atoms with Crippen molar-refractivity contribution >= 4 is 6.09 Å². The van der Waals surface area contributed by atoms with Gasteiger partial charge >= 0.3 is 6.09 Å². The number of nitrogens with zero attached hydrogens (tertiary/aromatic N) is 2. The third-order valence-corrected chi connectivity index (χ3v) is 3.44. The van der Waals surface area contributed by atoms with Gasteiger partial charge in [0.1, 0.15) is 0 Å². The van der Waals surface area contributed by atoms with E-state index in [4.69, 9.17) is 9.47 Å². The largest absolute Gasteiger partial charge is 0.420 e. The van der Waals surface area contributed by atoms with Crippen molar-refractivity contribution < 1.29 is 14.3 Å². The monoisotopic (exact) mass is 267 g/mol. The minimum Gasteiger partial charge on any atom is -0.420 e. The first kappa shape index (κ1) is 13.9. The van der Waals surface area contributed by atoms with E-state index in [-0.39, 0.29) is 12.1 Å². The molecule has 19 heavy (non-hydrogen) atoms. The number of imidazole rings is 1. The summed E-state index contributed by atoms with van der Waals surface area (Å²) in [5.74, 6) is 0. The minimum absolute atomic E-state index is 0.00319. The smallest absolute Gasteiger partial charge is 0.412 e. The molecular formula is C13H21N3O3. The van der Waals surface area contributed by atoms with Crippen LogP contribution in [0.3, 0.4) is 0 Å². The molecule has 106 valence electrons. The van der Waals surface area contributed by atoms with Gasteiger partial charge in [0.2, 0.25) is 6.29 Å². The summed E-state index contributed by atoms with van der Waals surface area (Å²) in [6, 6.07) is -0.00319. The van der Waals surface area contributed by atoms with E-state index in [1.807, 2.05) is 0 Å². The number of H-pyrrole nitrogens is 1. The molecule has 0 spiro atoms. The average molecular weight is 267 g/mol. The summed E-state index contributed by atoms with van der Waals surface area (Å²) < 4.78 is 10.2. The van der Waals surface area contributed by atoms with Crippen LogP contribution >= 0.6 is 0 Å². The van der Waals surface area contributed by atoms with Gasteiger partial charge in [-0.05, 0) is 13.3 Å². The Kier molecular flexibility index (Phi) is 4.42. The number of methoxy groups -OCH3 is 1. The number of hydrogen-bond acceptors (Lipinski definition) is 4. The summed E-state index contributed by atoms with van der Waals surface area (Å²) in [6.45, 7) is 4.45. The zero-order valence-corrected chi connectivity index (χ0v) is 11.7. The van der Waals surface area contributed by atoms with E-state index in [9.17, 15) is 4.79 Å². The van der Waals surface area contributed by atoms with E-state index in [1.54, 1.807) is 18.2 Å². The zero-order chi connectivity index (χ0) is 13.8. The molecule has 0 fully saturated rings. The van der Waals surface area contributed by atoms with Gasteiger partial charge in [-0.25, -0.2) is 9.78 Å². The van der Waals surface area contributed by atoms with Crippen LogP contribution in [0.15, 0.2) is 6.33 Å². The van der Waals surface area contributed by atoms with Crippen molar-refractivity contribution in [1.29, 1.82) is 0 Å². The van der Waals surface area contributed by atoms with Crippen molar-refractivity contribution in [2.24, 2.45) is 0 Å². The summed E-state index contributed by atoms with van der Waals surface area (Å²) in [4.78, 5) is 21.4. The number of carbonyl (C=O) groups excluding carboxylic acids is 1. The van der Waals surface area contributed by atoms with E-state index in [1.165, 1.54) is 7.11 Å². The van der Waals surface area contributed by atoms with E-state index in [0.29, 0.717) is 6.54 Å². The number of ether oxygens (including phenoxy) is 2. The summed E-state index contributed by atoms with van der Waals surface area (Å²) >= 11 is 0. The fraction of sp³-hybridized carbons (Fsp3) is 0.692. The van der Waals surface area contributed by atoms with Crippen molar-refractivity contribution in [3.05, 3.63) is 17.7 Å². The second kappa shape index (κ2) is 6.06. The van der Waals surface area contributed by atoms with Gasteiger partial charge in [-0.3, -0.25) is 4.90 Å². The van der Waals surface area contributed by atoms with Crippen LogP contribution in [-0.2, 0) is 15.9 Å². The number of carbonyl (C=O) groups is 1. The summed E-state index contributed by atoms with van der Waals surface area (Å²) in [5, 5.41) is 0. The van der Waals surface area contributed by atoms with Gasteiger partial charge in [0.25, 0.3) is 0 Å². The van der Waals surface area contributed by atoms with Crippen molar-refractivity contribution in [1.82, 2.24) is 14.9 Å². The molecule has 1 aliphatic heterocycles. The molecule has 1 aromatic rings. The molecule has 1 aliphatic rings. The zero-order valence-electron chi connectivity index (χ0n) is 11.7. The second-order valence-electron chi connectivity index (χ2n) is 4.70. The molecule has 0 radical (unpaired) electrons. The predicted molar refractivity (Wildman–Crippen MR) is 69.6 cm³/mol. The highest BCUT2D eigenvalue weighted by Crippen LogP contribution is 2.31. The summed E-state index contributed by atoms with van der Waals surface area (Å²) in [7, 11) is 1.52.